The highest BCUT2D eigenvalue weighted by atomic mass is 16.5. The fourth-order valence-corrected chi connectivity index (χ4v) is 1.91. The molecule has 5 nitrogen and oxygen atoms in total. The minimum Gasteiger partial charge on any atom is -0.394 e. The summed E-state index contributed by atoms with van der Waals surface area (Å²) in [5, 5.41) is 7.84. The van der Waals surface area contributed by atoms with Gasteiger partial charge < -0.3 is 15.8 Å². The number of nitrogens with zero attached hydrogens (tertiary/aromatic N) is 2. The van der Waals surface area contributed by atoms with Crippen LogP contribution in [-0.2, 0) is 11.3 Å². The number of unbranched alkanes of at least 4 members (excludes halogenated alkanes) is 1. The fraction of sp³-hybridized carbons (Fsp3) is 0.786. The summed E-state index contributed by atoms with van der Waals surface area (Å²) in [6, 6.07) is 0. The Morgan fingerprint density at radius 2 is 2.11 bits per heavy atom. The third kappa shape index (κ3) is 5.11. The zero-order valence-corrected chi connectivity index (χ0v) is 12.7. The lowest BCUT2D eigenvalue weighted by atomic mass is 10.3. The average molecular weight is 268 g/mol. The molecule has 0 spiro atoms. The summed E-state index contributed by atoms with van der Waals surface area (Å²) in [4.78, 5) is 0. The van der Waals surface area contributed by atoms with Crippen LogP contribution >= 0.6 is 0 Å². The molecule has 0 aliphatic carbocycles. The SMILES string of the molecule is CCCn1nc(C)c(N)c1NCCCCOC(C)C. The van der Waals surface area contributed by atoms with E-state index < -0.39 is 0 Å². The number of ether oxygens (including phenoxy) is 1. The molecule has 0 saturated heterocycles. The molecule has 0 bridgehead atoms. The van der Waals surface area contributed by atoms with Crippen LogP contribution in [0.1, 0.15) is 45.7 Å². The van der Waals surface area contributed by atoms with Gasteiger partial charge in [-0.15, -0.1) is 0 Å². The van der Waals surface area contributed by atoms with E-state index in [9.17, 15) is 0 Å². The minimum atomic E-state index is 0.317. The first-order chi connectivity index (χ1) is 9.06. The highest BCUT2D eigenvalue weighted by Crippen LogP contribution is 2.22. The molecule has 0 aromatic carbocycles. The van der Waals surface area contributed by atoms with Gasteiger partial charge in [0.25, 0.3) is 0 Å². The van der Waals surface area contributed by atoms with Crippen molar-refractivity contribution in [3.8, 4) is 0 Å². The summed E-state index contributed by atoms with van der Waals surface area (Å²) in [7, 11) is 0. The highest BCUT2D eigenvalue weighted by Gasteiger charge is 2.10. The Hall–Kier alpha value is -1.23. The van der Waals surface area contributed by atoms with E-state index in [0.717, 1.165) is 56.2 Å². The van der Waals surface area contributed by atoms with Crippen molar-refractivity contribution in [2.75, 3.05) is 24.2 Å². The number of rotatable bonds is 9. The summed E-state index contributed by atoms with van der Waals surface area (Å²) in [5.74, 6) is 0.962. The second-order valence-electron chi connectivity index (χ2n) is 5.12. The molecule has 19 heavy (non-hydrogen) atoms. The first-order valence-electron chi connectivity index (χ1n) is 7.24. The average Bonchev–Trinajstić information content (AvgIpc) is 2.61. The monoisotopic (exact) mass is 268 g/mol. The number of hydrogen-bond acceptors (Lipinski definition) is 4. The van der Waals surface area contributed by atoms with E-state index in [-0.39, 0.29) is 0 Å². The van der Waals surface area contributed by atoms with Crippen LogP contribution in [0.15, 0.2) is 0 Å². The van der Waals surface area contributed by atoms with Gasteiger partial charge in [0.15, 0.2) is 0 Å². The Morgan fingerprint density at radius 3 is 2.74 bits per heavy atom. The molecule has 5 heteroatoms. The standard InChI is InChI=1S/C14H28N4O/c1-5-9-18-14(13(15)12(4)17-18)16-8-6-7-10-19-11(2)3/h11,16H,5-10,15H2,1-4H3. The van der Waals surface area contributed by atoms with Crippen molar-refractivity contribution >= 4 is 11.5 Å². The van der Waals surface area contributed by atoms with E-state index in [1.165, 1.54) is 0 Å². The Bertz CT molecular complexity index is 374. The molecule has 0 fully saturated rings. The van der Waals surface area contributed by atoms with Gasteiger partial charge in [-0.05, 0) is 40.0 Å². The highest BCUT2D eigenvalue weighted by molar-refractivity contribution is 5.64. The number of aryl methyl sites for hydroxylation is 2. The molecule has 1 rings (SSSR count). The third-order valence-electron chi connectivity index (χ3n) is 2.92. The zero-order chi connectivity index (χ0) is 14.3. The molecule has 1 aromatic rings. The van der Waals surface area contributed by atoms with Crippen molar-refractivity contribution in [2.24, 2.45) is 0 Å². The third-order valence-corrected chi connectivity index (χ3v) is 2.92. The van der Waals surface area contributed by atoms with E-state index in [1.54, 1.807) is 0 Å². The van der Waals surface area contributed by atoms with Crippen LogP contribution in [0, 0.1) is 6.92 Å². The molecule has 0 radical (unpaired) electrons. The predicted molar refractivity (Wildman–Crippen MR) is 80.5 cm³/mol. The fourth-order valence-electron chi connectivity index (χ4n) is 1.91. The maximum atomic E-state index is 6.04. The number of aromatic nitrogens is 2. The number of nitrogen functional groups attached to an aromatic ring is 1. The van der Waals surface area contributed by atoms with Crippen LogP contribution in [0.5, 0.6) is 0 Å². The van der Waals surface area contributed by atoms with E-state index >= 15 is 0 Å². The van der Waals surface area contributed by atoms with Gasteiger partial charge in [-0.3, -0.25) is 0 Å². The van der Waals surface area contributed by atoms with E-state index in [1.807, 2.05) is 11.6 Å². The van der Waals surface area contributed by atoms with E-state index in [2.05, 4.69) is 31.2 Å². The van der Waals surface area contributed by atoms with Crippen molar-refractivity contribution in [3.63, 3.8) is 0 Å². The van der Waals surface area contributed by atoms with Gasteiger partial charge in [-0.1, -0.05) is 6.92 Å². The van der Waals surface area contributed by atoms with Crippen molar-refractivity contribution in [1.82, 2.24) is 9.78 Å². The molecule has 0 amide bonds. The molecular weight excluding hydrogens is 240 g/mol. The summed E-state index contributed by atoms with van der Waals surface area (Å²) in [6.45, 7) is 10.8. The summed E-state index contributed by atoms with van der Waals surface area (Å²) in [5.41, 5.74) is 7.72. The first kappa shape index (κ1) is 15.8. The Morgan fingerprint density at radius 1 is 1.37 bits per heavy atom. The number of nitrogens with one attached hydrogen (secondary N) is 1. The molecule has 0 unspecified atom stereocenters. The quantitative estimate of drug-likeness (QED) is 0.676. The van der Waals surface area contributed by atoms with Crippen LogP contribution in [0.4, 0.5) is 11.5 Å². The summed E-state index contributed by atoms with van der Waals surface area (Å²) < 4.78 is 7.48. The van der Waals surface area contributed by atoms with Gasteiger partial charge in [0.05, 0.1) is 17.5 Å². The number of hydrogen-bond donors (Lipinski definition) is 2. The van der Waals surface area contributed by atoms with Crippen molar-refractivity contribution in [3.05, 3.63) is 5.69 Å². The van der Waals surface area contributed by atoms with Gasteiger partial charge in [0.2, 0.25) is 0 Å². The molecule has 0 aliphatic rings. The Labute approximate surface area is 116 Å². The van der Waals surface area contributed by atoms with Crippen molar-refractivity contribution in [1.29, 1.82) is 0 Å². The molecule has 0 saturated carbocycles. The predicted octanol–water partition coefficient (Wildman–Crippen LogP) is 2.80. The van der Waals surface area contributed by atoms with Gasteiger partial charge in [0.1, 0.15) is 5.82 Å². The normalized spacial score (nSPS) is 11.2. The molecule has 1 heterocycles. The minimum absolute atomic E-state index is 0.317. The number of anilines is 2. The van der Waals surface area contributed by atoms with Crippen LogP contribution in [0.3, 0.4) is 0 Å². The molecule has 3 N–H and O–H groups in total. The zero-order valence-electron chi connectivity index (χ0n) is 12.7. The van der Waals surface area contributed by atoms with E-state index in [4.69, 9.17) is 10.5 Å². The lowest BCUT2D eigenvalue weighted by Crippen LogP contribution is -2.11. The smallest absolute Gasteiger partial charge is 0.148 e. The maximum absolute atomic E-state index is 6.04. The van der Waals surface area contributed by atoms with Crippen LogP contribution in [0.2, 0.25) is 0 Å². The molecule has 110 valence electrons. The van der Waals surface area contributed by atoms with Crippen LogP contribution in [-0.4, -0.2) is 29.0 Å². The topological polar surface area (TPSA) is 65.1 Å². The van der Waals surface area contributed by atoms with Crippen molar-refractivity contribution < 1.29 is 4.74 Å². The largest absolute Gasteiger partial charge is 0.394 e. The summed E-state index contributed by atoms with van der Waals surface area (Å²) in [6.07, 6.45) is 3.50. The maximum Gasteiger partial charge on any atom is 0.148 e. The van der Waals surface area contributed by atoms with Crippen molar-refractivity contribution in [2.45, 2.75) is 59.6 Å². The Kier molecular flexibility index (Phi) is 6.70. The summed E-state index contributed by atoms with van der Waals surface area (Å²) >= 11 is 0. The second kappa shape index (κ2) is 8.04. The van der Waals surface area contributed by atoms with Crippen LogP contribution < -0.4 is 11.1 Å². The van der Waals surface area contributed by atoms with Gasteiger partial charge >= 0.3 is 0 Å². The van der Waals surface area contributed by atoms with Crippen LogP contribution in [0.25, 0.3) is 0 Å². The van der Waals surface area contributed by atoms with Gasteiger partial charge in [0, 0.05) is 19.7 Å². The second-order valence-corrected chi connectivity index (χ2v) is 5.12. The van der Waals surface area contributed by atoms with Gasteiger partial charge in [-0.25, -0.2) is 4.68 Å². The molecule has 0 atom stereocenters. The lowest BCUT2D eigenvalue weighted by molar-refractivity contribution is 0.0765. The molecule has 0 aliphatic heterocycles. The molecule has 1 aromatic heterocycles. The Balaban J connectivity index is 2.36. The first-order valence-corrected chi connectivity index (χ1v) is 7.24. The van der Waals surface area contributed by atoms with E-state index in [0.29, 0.717) is 6.10 Å². The van der Waals surface area contributed by atoms with Gasteiger partial charge in [-0.2, -0.15) is 5.10 Å². The molecular formula is C14H28N4O. The lowest BCUT2D eigenvalue weighted by Gasteiger charge is -2.11. The number of nitrogens with two attached hydrogens (primary N) is 1.